The van der Waals surface area contributed by atoms with Crippen molar-refractivity contribution in [1.82, 2.24) is 0 Å². The first-order chi connectivity index (χ1) is 9.99. The van der Waals surface area contributed by atoms with Gasteiger partial charge in [0.05, 0.1) is 12.7 Å². The number of hydrogen-bond acceptors (Lipinski definition) is 3. The van der Waals surface area contributed by atoms with Crippen LogP contribution in [0.15, 0.2) is 23.8 Å². The largest absolute Gasteiger partial charge is 0.463 e. The van der Waals surface area contributed by atoms with Gasteiger partial charge in [0.15, 0.2) is 0 Å². The second kappa shape index (κ2) is 6.78. The quantitative estimate of drug-likeness (QED) is 0.478. The normalized spacial score (nSPS) is 33.6. The van der Waals surface area contributed by atoms with E-state index in [1.54, 1.807) is 0 Å². The number of esters is 1. The van der Waals surface area contributed by atoms with Crippen molar-refractivity contribution in [2.45, 2.75) is 59.0 Å². The highest BCUT2D eigenvalue weighted by Gasteiger charge is 2.47. The number of rotatable bonds is 5. The SMILES string of the molecule is CCOC(=O)/C=C/C[C@H](C)C1=CCC2[C@@H](O)CCC[C@]12C. The van der Waals surface area contributed by atoms with Crippen LogP contribution in [-0.2, 0) is 9.53 Å². The van der Waals surface area contributed by atoms with Gasteiger partial charge in [0.25, 0.3) is 0 Å². The highest BCUT2D eigenvalue weighted by atomic mass is 16.5. The van der Waals surface area contributed by atoms with E-state index in [9.17, 15) is 9.90 Å². The standard InChI is InChI=1S/C18H28O3/c1-4-21-17(20)9-5-7-13(2)14-10-11-15-16(19)8-6-12-18(14,15)3/h5,9-10,13,15-16,19H,4,6-8,11-12H2,1-3H3/b9-5+/t13-,15?,16-,18+/m0/s1. The van der Waals surface area contributed by atoms with Gasteiger partial charge in [-0.25, -0.2) is 4.79 Å². The molecule has 0 aromatic carbocycles. The zero-order valence-electron chi connectivity index (χ0n) is 13.5. The maximum Gasteiger partial charge on any atom is 0.330 e. The molecule has 0 aliphatic heterocycles. The summed E-state index contributed by atoms with van der Waals surface area (Å²) in [6, 6.07) is 0. The third-order valence-electron chi connectivity index (χ3n) is 5.29. The van der Waals surface area contributed by atoms with Crippen molar-refractivity contribution in [3.63, 3.8) is 0 Å². The van der Waals surface area contributed by atoms with E-state index < -0.39 is 0 Å². The van der Waals surface area contributed by atoms with Crippen LogP contribution >= 0.6 is 0 Å². The molecule has 0 saturated heterocycles. The summed E-state index contributed by atoms with van der Waals surface area (Å²) in [4.78, 5) is 11.3. The van der Waals surface area contributed by atoms with Crippen LogP contribution in [0.5, 0.6) is 0 Å². The molecule has 0 aromatic heterocycles. The van der Waals surface area contributed by atoms with Crippen molar-refractivity contribution in [3.8, 4) is 0 Å². The van der Waals surface area contributed by atoms with Crippen LogP contribution in [0.1, 0.15) is 52.9 Å². The van der Waals surface area contributed by atoms with Crippen molar-refractivity contribution in [3.05, 3.63) is 23.8 Å². The van der Waals surface area contributed by atoms with Gasteiger partial charge < -0.3 is 9.84 Å². The van der Waals surface area contributed by atoms with Gasteiger partial charge in [0.2, 0.25) is 0 Å². The molecule has 1 unspecified atom stereocenters. The van der Waals surface area contributed by atoms with Crippen molar-refractivity contribution in [2.75, 3.05) is 6.61 Å². The first-order valence-electron chi connectivity index (χ1n) is 8.21. The van der Waals surface area contributed by atoms with E-state index in [4.69, 9.17) is 4.74 Å². The number of aliphatic hydroxyl groups excluding tert-OH is 1. The van der Waals surface area contributed by atoms with Gasteiger partial charge in [-0.3, -0.25) is 0 Å². The summed E-state index contributed by atoms with van der Waals surface area (Å²) < 4.78 is 4.90. The summed E-state index contributed by atoms with van der Waals surface area (Å²) in [5.74, 6) is 0.538. The number of carbonyl (C=O) groups excluding carboxylic acids is 1. The fourth-order valence-electron chi connectivity index (χ4n) is 4.20. The minimum absolute atomic E-state index is 0.148. The Morgan fingerprint density at radius 3 is 3.10 bits per heavy atom. The Bertz CT molecular complexity index is 438. The van der Waals surface area contributed by atoms with Crippen LogP contribution < -0.4 is 0 Å². The van der Waals surface area contributed by atoms with Crippen molar-refractivity contribution in [2.24, 2.45) is 17.3 Å². The Morgan fingerprint density at radius 2 is 2.38 bits per heavy atom. The molecule has 0 bridgehead atoms. The van der Waals surface area contributed by atoms with Gasteiger partial charge in [0.1, 0.15) is 0 Å². The van der Waals surface area contributed by atoms with E-state index in [2.05, 4.69) is 19.9 Å². The number of aliphatic hydroxyl groups is 1. The van der Waals surface area contributed by atoms with Gasteiger partial charge in [0, 0.05) is 6.08 Å². The molecule has 21 heavy (non-hydrogen) atoms. The highest BCUT2D eigenvalue weighted by Crippen LogP contribution is 2.54. The minimum Gasteiger partial charge on any atom is -0.463 e. The van der Waals surface area contributed by atoms with Crippen molar-refractivity contribution < 1.29 is 14.6 Å². The Balaban J connectivity index is 1.97. The third kappa shape index (κ3) is 3.39. The fourth-order valence-corrected chi connectivity index (χ4v) is 4.20. The van der Waals surface area contributed by atoms with Gasteiger partial charge in [-0.2, -0.15) is 0 Å². The average Bonchev–Trinajstić information content (AvgIpc) is 2.77. The molecule has 0 amide bonds. The number of allylic oxidation sites excluding steroid dienone is 3. The van der Waals surface area contributed by atoms with Crippen LogP contribution in [0, 0.1) is 17.3 Å². The maximum atomic E-state index is 11.3. The van der Waals surface area contributed by atoms with Gasteiger partial charge in [-0.05, 0) is 56.3 Å². The smallest absolute Gasteiger partial charge is 0.330 e. The molecule has 1 saturated carbocycles. The molecule has 1 fully saturated rings. The van der Waals surface area contributed by atoms with E-state index in [1.807, 2.05) is 13.0 Å². The molecule has 0 spiro atoms. The van der Waals surface area contributed by atoms with Crippen LogP contribution in [-0.4, -0.2) is 23.8 Å². The van der Waals surface area contributed by atoms with E-state index in [1.165, 1.54) is 18.1 Å². The monoisotopic (exact) mass is 292 g/mol. The number of hydrogen-bond donors (Lipinski definition) is 1. The summed E-state index contributed by atoms with van der Waals surface area (Å²) in [7, 11) is 0. The summed E-state index contributed by atoms with van der Waals surface area (Å²) in [5, 5.41) is 10.2. The Labute approximate surface area is 128 Å². The first kappa shape index (κ1) is 16.3. The molecule has 2 aliphatic carbocycles. The molecule has 1 N–H and O–H groups in total. The Morgan fingerprint density at radius 1 is 1.62 bits per heavy atom. The molecule has 3 heteroatoms. The zero-order valence-corrected chi connectivity index (χ0v) is 13.5. The molecule has 4 atom stereocenters. The molecular formula is C18H28O3. The lowest BCUT2D eigenvalue weighted by molar-refractivity contribution is -0.137. The van der Waals surface area contributed by atoms with Crippen molar-refractivity contribution >= 4 is 5.97 Å². The average molecular weight is 292 g/mol. The summed E-state index contributed by atoms with van der Waals surface area (Å²) in [5.41, 5.74) is 1.62. The van der Waals surface area contributed by atoms with Crippen LogP contribution in [0.3, 0.4) is 0 Å². The maximum absolute atomic E-state index is 11.3. The lowest BCUT2D eigenvalue weighted by Gasteiger charge is -2.43. The van der Waals surface area contributed by atoms with Crippen LogP contribution in [0.2, 0.25) is 0 Å². The van der Waals surface area contributed by atoms with E-state index >= 15 is 0 Å². The van der Waals surface area contributed by atoms with Gasteiger partial charge in [-0.1, -0.05) is 31.6 Å². The highest BCUT2D eigenvalue weighted by molar-refractivity contribution is 5.81. The predicted molar refractivity (Wildman–Crippen MR) is 83.7 cm³/mol. The Hall–Kier alpha value is -1.09. The molecule has 118 valence electrons. The zero-order chi connectivity index (χ0) is 15.5. The topological polar surface area (TPSA) is 46.5 Å². The number of carbonyl (C=O) groups is 1. The van der Waals surface area contributed by atoms with Gasteiger partial charge in [-0.15, -0.1) is 0 Å². The van der Waals surface area contributed by atoms with Crippen LogP contribution in [0.4, 0.5) is 0 Å². The lowest BCUT2D eigenvalue weighted by atomic mass is 9.63. The summed E-state index contributed by atoms with van der Waals surface area (Å²) in [6.07, 6.45) is 10.7. The van der Waals surface area contributed by atoms with Gasteiger partial charge >= 0.3 is 5.97 Å². The Kier molecular flexibility index (Phi) is 5.26. The molecule has 2 rings (SSSR count). The minimum atomic E-state index is -0.262. The predicted octanol–water partition coefficient (Wildman–Crippen LogP) is 3.63. The summed E-state index contributed by atoms with van der Waals surface area (Å²) >= 11 is 0. The molecule has 0 aromatic rings. The molecular weight excluding hydrogens is 264 g/mol. The van der Waals surface area contributed by atoms with Crippen LogP contribution in [0.25, 0.3) is 0 Å². The summed E-state index contributed by atoms with van der Waals surface area (Å²) in [6.45, 7) is 6.76. The molecule has 2 aliphatic rings. The number of ether oxygens (including phenoxy) is 1. The van der Waals surface area contributed by atoms with E-state index in [0.29, 0.717) is 18.4 Å². The van der Waals surface area contributed by atoms with E-state index in [0.717, 1.165) is 25.7 Å². The second-order valence-electron chi connectivity index (χ2n) is 6.67. The van der Waals surface area contributed by atoms with Crippen molar-refractivity contribution in [1.29, 1.82) is 0 Å². The lowest BCUT2D eigenvalue weighted by Crippen LogP contribution is -2.39. The molecule has 3 nitrogen and oxygen atoms in total. The van der Waals surface area contributed by atoms with E-state index in [-0.39, 0.29) is 17.5 Å². The number of fused-ring (bicyclic) bond motifs is 1. The molecule has 0 heterocycles. The second-order valence-corrected chi connectivity index (χ2v) is 6.67. The first-order valence-corrected chi connectivity index (χ1v) is 8.21. The fraction of sp³-hybridized carbons (Fsp3) is 0.722. The molecule has 0 radical (unpaired) electrons. The third-order valence-corrected chi connectivity index (χ3v) is 5.29.